The van der Waals surface area contributed by atoms with E-state index in [0.717, 1.165) is 12.3 Å². The Hall–Kier alpha value is -0.530. The summed E-state index contributed by atoms with van der Waals surface area (Å²) >= 11 is 0. The lowest BCUT2D eigenvalue weighted by Crippen LogP contribution is -2.42. The van der Waals surface area contributed by atoms with Gasteiger partial charge in [0, 0.05) is 6.04 Å². The van der Waals surface area contributed by atoms with Gasteiger partial charge in [-0.25, -0.2) is 0 Å². The second-order valence-electron chi connectivity index (χ2n) is 4.68. The highest BCUT2D eigenvalue weighted by atomic mass is 16.1. The summed E-state index contributed by atoms with van der Waals surface area (Å²) in [6, 6.07) is 0.362. The van der Waals surface area contributed by atoms with Crippen molar-refractivity contribution in [1.29, 1.82) is 0 Å². The lowest BCUT2D eigenvalue weighted by Gasteiger charge is -2.36. The van der Waals surface area contributed by atoms with Gasteiger partial charge in [-0.2, -0.15) is 0 Å². The summed E-state index contributed by atoms with van der Waals surface area (Å²) in [4.78, 5) is 10.3. The zero-order chi connectivity index (χ0) is 9.84. The zero-order valence-electron chi connectivity index (χ0n) is 8.84. The number of rotatable bonds is 3. The topological polar surface area (TPSA) is 29.1 Å². The molecule has 75 valence electrons. The smallest absolute Gasteiger partial charge is 0.309 e. The summed E-state index contributed by atoms with van der Waals surface area (Å²) in [5.41, 5.74) is 0. The van der Waals surface area contributed by atoms with Crippen molar-refractivity contribution in [3.8, 4) is 0 Å². The second kappa shape index (κ2) is 4.64. The van der Waals surface area contributed by atoms with Gasteiger partial charge in [0.1, 0.15) is 0 Å². The first-order valence-corrected chi connectivity index (χ1v) is 5.27. The Morgan fingerprint density at radius 1 is 1.38 bits per heavy atom. The van der Waals surface area contributed by atoms with Crippen LogP contribution in [0.4, 0.5) is 0 Å². The van der Waals surface area contributed by atoms with Crippen molar-refractivity contribution >= 4 is 6.41 Å². The van der Waals surface area contributed by atoms with Crippen LogP contribution in [0.15, 0.2) is 0 Å². The summed E-state index contributed by atoms with van der Waals surface area (Å²) in [5, 5.41) is 2.84. The van der Waals surface area contributed by atoms with Gasteiger partial charge in [0.15, 0.2) is 0 Å². The lowest BCUT2D eigenvalue weighted by molar-refractivity contribution is 0.184. The second-order valence-corrected chi connectivity index (χ2v) is 4.68. The number of hydrogen-bond acceptors (Lipinski definition) is 1. The minimum atomic E-state index is 0.362. The molecule has 0 spiro atoms. The monoisotopic (exact) mass is 182 g/mol. The molecule has 1 aliphatic rings. The molecule has 2 heteroatoms. The molecule has 1 aliphatic carbocycles. The molecule has 1 saturated carbocycles. The molecule has 0 saturated heterocycles. The van der Waals surface area contributed by atoms with E-state index in [4.69, 9.17) is 0 Å². The van der Waals surface area contributed by atoms with Crippen LogP contribution in [0.5, 0.6) is 0 Å². The van der Waals surface area contributed by atoms with Gasteiger partial charge in [-0.1, -0.05) is 27.2 Å². The molecular weight excluding hydrogens is 162 g/mol. The molecule has 0 bridgehead atoms. The highest BCUT2D eigenvalue weighted by molar-refractivity contribution is 5.47. The quantitative estimate of drug-likeness (QED) is 0.665. The average Bonchev–Trinajstić information content (AvgIpc) is 2.04. The minimum absolute atomic E-state index is 0.362. The number of nitrogens with one attached hydrogen (secondary N) is 1. The van der Waals surface area contributed by atoms with Crippen LogP contribution in [0.1, 0.15) is 40.0 Å². The van der Waals surface area contributed by atoms with Crippen molar-refractivity contribution in [2.75, 3.05) is 0 Å². The van der Waals surface area contributed by atoms with Crippen LogP contribution in [-0.4, -0.2) is 12.5 Å². The first-order chi connectivity index (χ1) is 6.15. The SMILES string of the molecule is CC1CCC(C(C)C)C(N[C]=O)C1. The van der Waals surface area contributed by atoms with Gasteiger partial charge in [0.25, 0.3) is 0 Å². The molecule has 0 aromatic heterocycles. The fourth-order valence-corrected chi connectivity index (χ4v) is 2.44. The van der Waals surface area contributed by atoms with Gasteiger partial charge >= 0.3 is 6.41 Å². The predicted molar refractivity (Wildman–Crippen MR) is 54.0 cm³/mol. The Bertz CT molecular complexity index is 167. The molecule has 1 N–H and O–H groups in total. The molecule has 1 amide bonds. The van der Waals surface area contributed by atoms with E-state index in [9.17, 15) is 4.79 Å². The van der Waals surface area contributed by atoms with Crippen molar-refractivity contribution < 1.29 is 4.79 Å². The fourth-order valence-electron chi connectivity index (χ4n) is 2.44. The number of amides is 1. The molecule has 1 fully saturated rings. The number of hydrogen-bond donors (Lipinski definition) is 1. The van der Waals surface area contributed by atoms with Gasteiger partial charge in [-0.15, -0.1) is 0 Å². The van der Waals surface area contributed by atoms with Crippen molar-refractivity contribution in [2.45, 2.75) is 46.1 Å². The first-order valence-electron chi connectivity index (χ1n) is 5.27. The maximum Gasteiger partial charge on any atom is 0.309 e. The van der Waals surface area contributed by atoms with E-state index >= 15 is 0 Å². The standard InChI is InChI=1S/C11H20NO/c1-8(2)10-5-4-9(3)6-11(10)12-7-13/h8-11H,4-6H2,1-3H3,(H,12,13). The fraction of sp³-hybridized carbons (Fsp3) is 0.909. The molecule has 13 heavy (non-hydrogen) atoms. The molecule has 1 rings (SSSR count). The maximum atomic E-state index is 10.3. The molecule has 2 nitrogen and oxygen atoms in total. The Balaban J connectivity index is 2.54. The highest BCUT2D eigenvalue weighted by Gasteiger charge is 2.30. The summed E-state index contributed by atoms with van der Waals surface area (Å²) in [6.45, 7) is 6.73. The third kappa shape index (κ3) is 2.71. The first kappa shape index (κ1) is 10.6. The van der Waals surface area contributed by atoms with Crippen molar-refractivity contribution in [2.24, 2.45) is 17.8 Å². The molecule has 3 unspecified atom stereocenters. The van der Waals surface area contributed by atoms with E-state index in [-0.39, 0.29) is 0 Å². The maximum absolute atomic E-state index is 10.3. The summed E-state index contributed by atoms with van der Waals surface area (Å²) < 4.78 is 0. The Morgan fingerprint density at radius 2 is 2.08 bits per heavy atom. The van der Waals surface area contributed by atoms with Crippen LogP contribution in [0, 0.1) is 17.8 Å². The van der Waals surface area contributed by atoms with E-state index < -0.39 is 0 Å². The summed E-state index contributed by atoms with van der Waals surface area (Å²) in [5.74, 6) is 2.07. The van der Waals surface area contributed by atoms with Crippen LogP contribution < -0.4 is 5.32 Å². The molecule has 0 heterocycles. The summed E-state index contributed by atoms with van der Waals surface area (Å²) in [7, 11) is 0. The normalized spacial score (nSPS) is 34.6. The predicted octanol–water partition coefficient (Wildman–Crippen LogP) is 2.10. The van der Waals surface area contributed by atoms with E-state index in [1.165, 1.54) is 12.8 Å². The Kier molecular flexibility index (Phi) is 3.76. The largest absolute Gasteiger partial charge is 0.345 e. The molecule has 0 aliphatic heterocycles. The third-order valence-electron chi connectivity index (χ3n) is 3.27. The zero-order valence-corrected chi connectivity index (χ0v) is 8.84. The van der Waals surface area contributed by atoms with E-state index in [0.29, 0.717) is 17.9 Å². The third-order valence-corrected chi connectivity index (χ3v) is 3.27. The lowest BCUT2D eigenvalue weighted by atomic mass is 9.74. The minimum Gasteiger partial charge on any atom is -0.345 e. The number of carbonyl (C=O) groups excluding carboxylic acids is 1. The summed E-state index contributed by atoms with van der Waals surface area (Å²) in [6.07, 6.45) is 5.52. The van der Waals surface area contributed by atoms with Gasteiger partial charge < -0.3 is 5.32 Å². The molecule has 1 radical (unpaired) electrons. The average molecular weight is 182 g/mol. The van der Waals surface area contributed by atoms with Crippen LogP contribution in [-0.2, 0) is 4.79 Å². The van der Waals surface area contributed by atoms with Crippen LogP contribution in [0.2, 0.25) is 0 Å². The van der Waals surface area contributed by atoms with Crippen molar-refractivity contribution in [3.05, 3.63) is 0 Å². The molecule has 0 aromatic carbocycles. The van der Waals surface area contributed by atoms with Crippen LogP contribution in [0.3, 0.4) is 0 Å². The van der Waals surface area contributed by atoms with E-state index in [1.54, 1.807) is 0 Å². The molecule has 3 atom stereocenters. The van der Waals surface area contributed by atoms with Gasteiger partial charge in [0.2, 0.25) is 0 Å². The van der Waals surface area contributed by atoms with Gasteiger partial charge in [0.05, 0.1) is 0 Å². The van der Waals surface area contributed by atoms with Crippen molar-refractivity contribution in [3.63, 3.8) is 0 Å². The molecular formula is C11H20NO. The van der Waals surface area contributed by atoms with Gasteiger partial charge in [-0.3, -0.25) is 4.79 Å². The Labute approximate surface area is 81.1 Å². The highest BCUT2D eigenvalue weighted by Crippen LogP contribution is 2.33. The van der Waals surface area contributed by atoms with E-state index in [1.807, 2.05) is 6.41 Å². The van der Waals surface area contributed by atoms with Gasteiger partial charge in [-0.05, 0) is 30.6 Å². The Morgan fingerprint density at radius 3 is 2.62 bits per heavy atom. The van der Waals surface area contributed by atoms with Crippen LogP contribution >= 0.6 is 0 Å². The van der Waals surface area contributed by atoms with Crippen molar-refractivity contribution in [1.82, 2.24) is 5.32 Å². The van der Waals surface area contributed by atoms with Crippen LogP contribution in [0.25, 0.3) is 0 Å². The van der Waals surface area contributed by atoms with E-state index in [2.05, 4.69) is 26.1 Å². The molecule has 0 aromatic rings.